The molecule has 1 amide bonds. The molecule has 1 fully saturated rings. The van der Waals surface area contributed by atoms with Gasteiger partial charge in [-0.3, -0.25) is 25.0 Å². The standard InChI is InChI=1S/C20H21N5OS/c26-19(16-6-10-22-11-7-16)24-20-23-18(15-4-8-21-9-5-15)17(27-20)14-25-12-2-1-3-13-25/h4-11H,1-3,12-14H2,(H,23,24,26). The van der Waals surface area contributed by atoms with E-state index in [0.29, 0.717) is 10.7 Å². The van der Waals surface area contributed by atoms with Crippen LogP contribution in [0.25, 0.3) is 11.3 Å². The van der Waals surface area contributed by atoms with Crippen molar-refractivity contribution in [2.45, 2.75) is 25.8 Å². The van der Waals surface area contributed by atoms with Crippen LogP contribution in [0.2, 0.25) is 0 Å². The van der Waals surface area contributed by atoms with E-state index < -0.39 is 0 Å². The second kappa shape index (κ2) is 8.37. The predicted octanol–water partition coefficient (Wildman–Crippen LogP) is 3.84. The summed E-state index contributed by atoms with van der Waals surface area (Å²) in [5.74, 6) is -0.169. The molecule has 27 heavy (non-hydrogen) atoms. The van der Waals surface area contributed by atoms with Gasteiger partial charge in [-0.05, 0) is 50.2 Å². The lowest BCUT2D eigenvalue weighted by Gasteiger charge is -2.26. The Kier molecular flexibility index (Phi) is 5.50. The Morgan fingerprint density at radius 1 is 1.00 bits per heavy atom. The number of rotatable bonds is 5. The SMILES string of the molecule is O=C(Nc1nc(-c2ccncc2)c(CN2CCCCC2)s1)c1ccncc1. The molecule has 0 unspecified atom stereocenters. The van der Waals surface area contributed by atoms with Gasteiger partial charge >= 0.3 is 0 Å². The molecule has 0 spiro atoms. The monoisotopic (exact) mass is 379 g/mol. The van der Waals surface area contributed by atoms with E-state index in [0.717, 1.165) is 30.9 Å². The average Bonchev–Trinajstić information content (AvgIpc) is 3.12. The van der Waals surface area contributed by atoms with Gasteiger partial charge in [0.2, 0.25) is 0 Å². The summed E-state index contributed by atoms with van der Waals surface area (Å²) in [5.41, 5.74) is 2.53. The normalized spacial score (nSPS) is 14.8. The fourth-order valence-corrected chi connectivity index (χ4v) is 4.26. The van der Waals surface area contributed by atoms with Crippen LogP contribution >= 0.6 is 11.3 Å². The van der Waals surface area contributed by atoms with E-state index in [-0.39, 0.29) is 5.91 Å². The summed E-state index contributed by atoms with van der Waals surface area (Å²) >= 11 is 1.55. The second-order valence-corrected chi connectivity index (χ2v) is 7.64. The summed E-state index contributed by atoms with van der Waals surface area (Å²) in [5, 5.41) is 3.55. The Bertz CT molecular complexity index is 891. The molecule has 4 rings (SSSR count). The molecule has 1 aliphatic rings. The van der Waals surface area contributed by atoms with E-state index in [1.165, 1.54) is 24.1 Å². The highest BCUT2D eigenvalue weighted by molar-refractivity contribution is 7.16. The van der Waals surface area contributed by atoms with Crippen molar-refractivity contribution in [2.24, 2.45) is 0 Å². The van der Waals surface area contributed by atoms with Crippen LogP contribution in [0, 0.1) is 0 Å². The maximum atomic E-state index is 12.5. The van der Waals surface area contributed by atoms with Crippen molar-refractivity contribution in [1.82, 2.24) is 19.9 Å². The molecule has 4 heterocycles. The van der Waals surface area contributed by atoms with Gasteiger partial charge in [0.1, 0.15) is 0 Å². The number of likely N-dealkylation sites (tertiary alicyclic amines) is 1. The first-order valence-electron chi connectivity index (χ1n) is 9.13. The van der Waals surface area contributed by atoms with Crippen molar-refractivity contribution in [2.75, 3.05) is 18.4 Å². The molecule has 138 valence electrons. The number of hydrogen-bond donors (Lipinski definition) is 1. The minimum atomic E-state index is -0.169. The fourth-order valence-electron chi connectivity index (χ4n) is 3.24. The Balaban J connectivity index is 1.60. The Hall–Kier alpha value is -2.64. The van der Waals surface area contributed by atoms with Crippen molar-refractivity contribution in [1.29, 1.82) is 0 Å². The zero-order chi connectivity index (χ0) is 18.5. The van der Waals surface area contributed by atoms with E-state index >= 15 is 0 Å². The van der Waals surface area contributed by atoms with E-state index in [1.54, 1.807) is 48.3 Å². The number of piperidine rings is 1. The number of nitrogens with one attached hydrogen (secondary N) is 1. The average molecular weight is 379 g/mol. The lowest BCUT2D eigenvalue weighted by molar-refractivity contribution is 0.102. The van der Waals surface area contributed by atoms with Crippen LogP contribution in [-0.4, -0.2) is 38.8 Å². The molecule has 1 aliphatic heterocycles. The van der Waals surface area contributed by atoms with Crippen molar-refractivity contribution >= 4 is 22.4 Å². The van der Waals surface area contributed by atoms with Crippen molar-refractivity contribution in [3.05, 3.63) is 59.5 Å². The molecule has 6 nitrogen and oxygen atoms in total. The number of carbonyl (C=O) groups is 1. The lowest BCUT2D eigenvalue weighted by Crippen LogP contribution is -2.28. The van der Waals surface area contributed by atoms with E-state index in [2.05, 4.69) is 20.2 Å². The van der Waals surface area contributed by atoms with Gasteiger partial charge in [-0.15, -0.1) is 0 Å². The fraction of sp³-hybridized carbons (Fsp3) is 0.300. The molecular weight excluding hydrogens is 358 g/mol. The zero-order valence-electron chi connectivity index (χ0n) is 15.0. The molecule has 3 aromatic rings. The van der Waals surface area contributed by atoms with E-state index in [1.807, 2.05) is 12.1 Å². The number of hydrogen-bond acceptors (Lipinski definition) is 6. The molecule has 0 saturated carbocycles. The molecular formula is C20H21N5OS. The smallest absolute Gasteiger partial charge is 0.257 e. The van der Waals surface area contributed by atoms with Gasteiger partial charge in [-0.1, -0.05) is 17.8 Å². The molecule has 3 aromatic heterocycles. The first-order chi connectivity index (χ1) is 13.3. The number of thiazole rings is 1. The predicted molar refractivity (Wildman–Crippen MR) is 107 cm³/mol. The summed E-state index contributed by atoms with van der Waals surface area (Å²) in [4.78, 5) is 28.9. The van der Waals surface area contributed by atoms with Crippen molar-refractivity contribution < 1.29 is 4.79 Å². The maximum absolute atomic E-state index is 12.5. The lowest BCUT2D eigenvalue weighted by atomic mass is 10.1. The zero-order valence-corrected chi connectivity index (χ0v) is 15.8. The summed E-state index contributed by atoms with van der Waals surface area (Å²) in [7, 11) is 0. The third-order valence-electron chi connectivity index (χ3n) is 4.63. The van der Waals surface area contributed by atoms with Gasteiger partial charge in [0.25, 0.3) is 5.91 Å². The largest absolute Gasteiger partial charge is 0.298 e. The van der Waals surface area contributed by atoms with Gasteiger partial charge in [-0.2, -0.15) is 0 Å². The number of nitrogens with zero attached hydrogens (tertiary/aromatic N) is 4. The van der Waals surface area contributed by atoms with Crippen LogP contribution in [0.4, 0.5) is 5.13 Å². The minimum Gasteiger partial charge on any atom is -0.298 e. The van der Waals surface area contributed by atoms with Crippen LogP contribution in [0.1, 0.15) is 34.5 Å². The molecule has 1 N–H and O–H groups in total. The van der Waals surface area contributed by atoms with Crippen LogP contribution < -0.4 is 5.32 Å². The Labute approximate surface area is 162 Å². The molecule has 1 saturated heterocycles. The van der Waals surface area contributed by atoms with Crippen molar-refractivity contribution in [3.8, 4) is 11.3 Å². The number of carbonyl (C=O) groups excluding carboxylic acids is 1. The molecule has 0 bridgehead atoms. The highest BCUT2D eigenvalue weighted by atomic mass is 32.1. The van der Waals surface area contributed by atoms with Gasteiger partial charge in [0.05, 0.1) is 5.69 Å². The van der Waals surface area contributed by atoms with Gasteiger partial charge in [-0.25, -0.2) is 4.98 Å². The number of pyridine rings is 2. The Morgan fingerprint density at radius 3 is 2.37 bits per heavy atom. The van der Waals surface area contributed by atoms with E-state index in [4.69, 9.17) is 4.98 Å². The van der Waals surface area contributed by atoms with Crippen LogP contribution in [-0.2, 0) is 6.54 Å². The molecule has 7 heteroatoms. The summed E-state index contributed by atoms with van der Waals surface area (Å²) < 4.78 is 0. The second-order valence-electron chi connectivity index (χ2n) is 6.55. The summed E-state index contributed by atoms with van der Waals surface area (Å²) in [6.07, 6.45) is 10.6. The van der Waals surface area contributed by atoms with Gasteiger partial charge < -0.3 is 0 Å². The molecule has 0 atom stereocenters. The van der Waals surface area contributed by atoms with Crippen LogP contribution in [0.3, 0.4) is 0 Å². The van der Waals surface area contributed by atoms with Gasteiger partial charge in [0, 0.05) is 47.3 Å². The van der Waals surface area contributed by atoms with Crippen LogP contribution in [0.15, 0.2) is 49.1 Å². The number of aromatic nitrogens is 3. The summed E-state index contributed by atoms with van der Waals surface area (Å²) in [6.45, 7) is 3.10. The Morgan fingerprint density at radius 2 is 1.67 bits per heavy atom. The highest BCUT2D eigenvalue weighted by Gasteiger charge is 2.19. The maximum Gasteiger partial charge on any atom is 0.257 e. The van der Waals surface area contributed by atoms with E-state index in [9.17, 15) is 4.79 Å². The summed E-state index contributed by atoms with van der Waals surface area (Å²) in [6, 6.07) is 7.31. The van der Waals surface area contributed by atoms with Gasteiger partial charge in [0.15, 0.2) is 5.13 Å². The van der Waals surface area contributed by atoms with Crippen LogP contribution in [0.5, 0.6) is 0 Å². The third kappa shape index (κ3) is 4.37. The first-order valence-corrected chi connectivity index (χ1v) is 9.95. The molecule has 0 aromatic carbocycles. The first kappa shape index (κ1) is 17.8. The highest BCUT2D eigenvalue weighted by Crippen LogP contribution is 2.32. The number of anilines is 1. The minimum absolute atomic E-state index is 0.169. The van der Waals surface area contributed by atoms with Crippen molar-refractivity contribution in [3.63, 3.8) is 0 Å². The topological polar surface area (TPSA) is 71.0 Å². The molecule has 0 aliphatic carbocycles. The third-order valence-corrected chi connectivity index (χ3v) is 5.59. The quantitative estimate of drug-likeness (QED) is 0.729. The number of amides is 1. The molecule has 0 radical (unpaired) electrons.